The summed E-state index contributed by atoms with van der Waals surface area (Å²) in [7, 11) is 0. The van der Waals surface area contributed by atoms with Gasteiger partial charge in [-0.1, -0.05) is 0 Å². The number of ether oxygens (including phenoxy) is 1. The van der Waals surface area contributed by atoms with Crippen LogP contribution >= 0.6 is 11.3 Å². The maximum Gasteiger partial charge on any atom is 0.0697 e. The summed E-state index contributed by atoms with van der Waals surface area (Å²) in [6.45, 7) is 6.38. The van der Waals surface area contributed by atoms with Gasteiger partial charge < -0.3 is 10.1 Å². The molecule has 0 amide bonds. The van der Waals surface area contributed by atoms with Gasteiger partial charge in [-0.3, -0.25) is 0 Å². The van der Waals surface area contributed by atoms with Gasteiger partial charge in [-0.15, -0.1) is 11.3 Å². The Kier molecular flexibility index (Phi) is 3.48. The highest BCUT2D eigenvalue weighted by Gasteiger charge is 2.42. The third-order valence-corrected chi connectivity index (χ3v) is 5.69. The average Bonchev–Trinajstić information content (AvgIpc) is 2.65. The zero-order chi connectivity index (χ0) is 12.6. The molecule has 1 saturated heterocycles. The number of hydrogen-bond acceptors (Lipinski definition) is 3. The Morgan fingerprint density at radius 3 is 2.89 bits per heavy atom. The van der Waals surface area contributed by atoms with E-state index in [1.807, 2.05) is 11.3 Å². The minimum absolute atomic E-state index is 0.261. The lowest BCUT2D eigenvalue weighted by Crippen LogP contribution is -2.50. The van der Waals surface area contributed by atoms with E-state index >= 15 is 0 Å². The van der Waals surface area contributed by atoms with Crippen molar-refractivity contribution < 1.29 is 4.74 Å². The molecule has 1 atom stereocenters. The van der Waals surface area contributed by atoms with Gasteiger partial charge in [0.15, 0.2) is 0 Å². The molecule has 1 aromatic heterocycles. The molecule has 18 heavy (non-hydrogen) atoms. The first kappa shape index (κ1) is 12.6. The smallest absolute Gasteiger partial charge is 0.0697 e. The fraction of sp³-hybridized carbons (Fsp3) is 0.733. The van der Waals surface area contributed by atoms with Gasteiger partial charge in [-0.05, 0) is 57.6 Å². The lowest BCUT2D eigenvalue weighted by atomic mass is 9.74. The van der Waals surface area contributed by atoms with Crippen LogP contribution in [0.25, 0.3) is 0 Å². The van der Waals surface area contributed by atoms with Gasteiger partial charge in [0.1, 0.15) is 0 Å². The van der Waals surface area contributed by atoms with Crippen molar-refractivity contribution in [1.29, 1.82) is 0 Å². The van der Waals surface area contributed by atoms with Crippen LogP contribution in [0.4, 0.5) is 0 Å². The van der Waals surface area contributed by atoms with Crippen molar-refractivity contribution in [3.8, 4) is 0 Å². The fourth-order valence-corrected chi connectivity index (χ4v) is 4.11. The predicted molar refractivity (Wildman–Crippen MR) is 76.2 cm³/mol. The van der Waals surface area contributed by atoms with E-state index in [-0.39, 0.29) is 5.60 Å². The quantitative estimate of drug-likeness (QED) is 0.902. The summed E-state index contributed by atoms with van der Waals surface area (Å²) in [5.74, 6) is 0. The monoisotopic (exact) mass is 265 g/mol. The second-order valence-electron chi connectivity index (χ2n) is 5.91. The molecule has 1 aliphatic heterocycles. The maximum atomic E-state index is 5.97. The van der Waals surface area contributed by atoms with E-state index in [1.54, 1.807) is 0 Å². The Bertz CT molecular complexity index is 403. The second kappa shape index (κ2) is 4.95. The number of hydrogen-bond donors (Lipinski definition) is 1. The highest BCUT2D eigenvalue weighted by atomic mass is 32.1. The normalized spacial score (nSPS) is 26.2. The molecule has 0 aromatic carbocycles. The van der Waals surface area contributed by atoms with Gasteiger partial charge in [0.2, 0.25) is 0 Å². The van der Waals surface area contributed by atoms with Gasteiger partial charge in [-0.2, -0.15) is 0 Å². The number of thiophene rings is 1. The number of nitrogens with one attached hydrogen (secondary N) is 1. The van der Waals surface area contributed by atoms with Gasteiger partial charge in [-0.25, -0.2) is 0 Å². The first-order valence-corrected chi connectivity index (χ1v) is 7.92. The standard InChI is InChI=1S/C15H23NOS/c1-11-8-14(18-12(11)2)10-16-13-4-7-17-15(9-13)5-3-6-15/h8,13,16H,3-7,9-10H2,1-2H3. The molecule has 1 unspecified atom stereocenters. The molecule has 3 rings (SSSR count). The van der Waals surface area contributed by atoms with E-state index in [4.69, 9.17) is 4.74 Å². The number of aryl methyl sites for hydroxylation is 2. The Morgan fingerprint density at radius 2 is 2.28 bits per heavy atom. The molecular formula is C15H23NOS. The van der Waals surface area contributed by atoms with Crippen molar-refractivity contribution in [3.05, 3.63) is 21.4 Å². The van der Waals surface area contributed by atoms with Crippen LogP contribution in [0.5, 0.6) is 0 Å². The Balaban J connectivity index is 1.53. The van der Waals surface area contributed by atoms with Crippen molar-refractivity contribution in [1.82, 2.24) is 5.32 Å². The topological polar surface area (TPSA) is 21.3 Å². The molecule has 2 fully saturated rings. The van der Waals surface area contributed by atoms with Crippen molar-refractivity contribution in [2.45, 2.75) is 64.1 Å². The Labute approximate surface area is 114 Å². The third-order valence-electron chi connectivity index (χ3n) is 4.54. The van der Waals surface area contributed by atoms with Gasteiger partial charge in [0, 0.05) is 28.9 Å². The van der Waals surface area contributed by atoms with Crippen LogP contribution in [-0.4, -0.2) is 18.2 Å². The molecule has 1 aromatic rings. The molecule has 3 heteroatoms. The van der Waals surface area contributed by atoms with E-state index < -0.39 is 0 Å². The first-order valence-electron chi connectivity index (χ1n) is 7.10. The van der Waals surface area contributed by atoms with E-state index in [1.165, 1.54) is 47.4 Å². The molecule has 0 radical (unpaired) electrons. The molecular weight excluding hydrogens is 242 g/mol. The minimum atomic E-state index is 0.261. The fourth-order valence-electron chi connectivity index (χ4n) is 3.10. The summed E-state index contributed by atoms with van der Waals surface area (Å²) in [5.41, 5.74) is 1.69. The van der Waals surface area contributed by atoms with Crippen molar-refractivity contribution in [2.24, 2.45) is 0 Å². The maximum absolute atomic E-state index is 5.97. The first-order chi connectivity index (χ1) is 8.67. The van der Waals surface area contributed by atoms with Gasteiger partial charge in [0.05, 0.1) is 5.60 Å². The molecule has 2 aliphatic rings. The largest absolute Gasteiger partial charge is 0.375 e. The van der Waals surface area contributed by atoms with Gasteiger partial charge >= 0.3 is 0 Å². The zero-order valence-corrected chi connectivity index (χ0v) is 12.2. The Morgan fingerprint density at radius 1 is 1.44 bits per heavy atom. The van der Waals surface area contributed by atoms with Crippen LogP contribution in [0.2, 0.25) is 0 Å². The average molecular weight is 265 g/mol. The summed E-state index contributed by atoms with van der Waals surface area (Å²) < 4.78 is 5.97. The van der Waals surface area contributed by atoms with Crippen molar-refractivity contribution >= 4 is 11.3 Å². The van der Waals surface area contributed by atoms with E-state index in [2.05, 4.69) is 25.2 Å². The predicted octanol–water partition coefficient (Wildman–Crippen LogP) is 3.56. The lowest BCUT2D eigenvalue weighted by Gasteiger charge is -2.47. The second-order valence-corrected chi connectivity index (χ2v) is 7.25. The summed E-state index contributed by atoms with van der Waals surface area (Å²) in [4.78, 5) is 2.92. The molecule has 2 heterocycles. The lowest BCUT2D eigenvalue weighted by molar-refractivity contribution is -0.135. The molecule has 1 N–H and O–H groups in total. The van der Waals surface area contributed by atoms with Crippen LogP contribution in [0.15, 0.2) is 6.07 Å². The van der Waals surface area contributed by atoms with Crippen LogP contribution in [0, 0.1) is 13.8 Å². The highest BCUT2D eigenvalue weighted by Crippen LogP contribution is 2.42. The van der Waals surface area contributed by atoms with Crippen molar-refractivity contribution in [3.63, 3.8) is 0 Å². The highest BCUT2D eigenvalue weighted by molar-refractivity contribution is 7.12. The van der Waals surface area contributed by atoms with Crippen LogP contribution in [-0.2, 0) is 11.3 Å². The SMILES string of the molecule is Cc1cc(CNC2CCOC3(CCC3)C2)sc1C. The van der Waals surface area contributed by atoms with Gasteiger partial charge in [0.25, 0.3) is 0 Å². The van der Waals surface area contributed by atoms with E-state index in [9.17, 15) is 0 Å². The summed E-state index contributed by atoms with van der Waals surface area (Å²) in [5, 5.41) is 3.73. The molecule has 100 valence electrons. The Hall–Kier alpha value is -0.380. The van der Waals surface area contributed by atoms with E-state index in [0.717, 1.165) is 13.2 Å². The molecule has 1 spiro atoms. The van der Waals surface area contributed by atoms with Crippen molar-refractivity contribution in [2.75, 3.05) is 6.61 Å². The van der Waals surface area contributed by atoms with Crippen LogP contribution < -0.4 is 5.32 Å². The number of rotatable bonds is 3. The van der Waals surface area contributed by atoms with E-state index in [0.29, 0.717) is 6.04 Å². The third kappa shape index (κ3) is 2.49. The molecule has 0 bridgehead atoms. The summed E-state index contributed by atoms with van der Waals surface area (Å²) >= 11 is 1.93. The minimum Gasteiger partial charge on any atom is -0.375 e. The molecule has 1 aliphatic carbocycles. The summed E-state index contributed by atoms with van der Waals surface area (Å²) in [6.07, 6.45) is 6.31. The zero-order valence-electron chi connectivity index (χ0n) is 11.4. The van der Waals surface area contributed by atoms with Crippen LogP contribution in [0.1, 0.15) is 47.4 Å². The molecule has 1 saturated carbocycles. The molecule has 2 nitrogen and oxygen atoms in total. The van der Waals surface area contributed by atoms with Crippen LogP contribution in [0.3, 0.4) is 0 Å². The summed E-state index contributed by atoms with van der Waals surface area (Å²) in [6, 6.07) is 2.98.